The highest BCUT2D eigenvalue weighted by Gasteiger charge is 2.08. The van der Waals surface area contributed by atoms with Crippen LogP contribution in [0.15, 0.2) is 17.0 Å². The summed E-state index contributed by atoms with van der Waals surface area (Å²) >= 11 is 1.71. The van der Waals surface area contributed by atoms with Gasteiger partial charge in [-0.3, -0.25) is 0 Å². The van der Waals surface area contributed by atoms with Gasteiger partial charge in [0.05, 0.1) is 7.11 Å². The molecule has 0 saturated carbocycles. The molecule has 0 fully saturated rings. The van der Waals surface area contributed by atoms with Crippen LogP contribution in [0.2, 0.25) is 0 Å². The standard InChI is InChI=1S/C11H17NO2S/c1-4-8-5-10(14-2)9(7-12-13)6-11(8)15-3/h5-6,12-13H,4,7H2,1-3H3. The summed E-state index contributed by atoms with van der Waals surface area (Å²) in [5, 5.41) is 8.72. The number of ether oxygens (including phenoxy) is 1. The first-order valence-corrected chi connectivity index (χ1v) is 6.10. The normalized spacial score (nSPS) is 10.4. The quantitative estimate of drug-likeness (QED) is 0.599. The lowest BCUT2D eigenvalue weighted by molar-refractivity contribution is 0.160. The number of rotatable bonds is 5. The molecule has 0 bridgehead atoms. The van der Waals surface area contributed by atoms with Crippen molar-refractivity contribution in [1.82, 2.24) is 5.48 Å². The van der Waals surface area contributed by atoms with Gasteiger partial charge in [-0.25, -0.2) is 5.48 Å². The van der Waals surface area contributed by atoms with E-state index in [1.54, 1.807) is 18.9 Å². The molecule has 2 N–H and O–H groups in total. The molecule has 0 heterocycles. The maximum absolute atomic E-state index is 8.72. The van der Waals surface area contributed by atoms with Crippen LogP contribution in [0.3, 0.4) is 0 Å². The summed E-state index contributed by atoms with van der Waals surface area (Å²) in [6.45, 7) is 2.53. The van der Waals surface area contributed by atoms with Crippen molar-refractivity contribution >= 4 is 11.8 Å². The van der Waals surface area contributed by atoms with Crippen LogP contribution in [0.1, 0.15) is 18.1 Å². The number of nitrogens with one attached hydrogen (secondary N) is 1. The van der Waals surface area contributed by atoms with Gasteiger partial charge >= 0.3 is 0 Å². The fourth-order valence-corrected chi connectivity index (χ4v) is 2.25. The summed E-state index contributed by atoms with van der Waals surface area (Å²) in [6.07, 6.45) is 3.04. The molecule has 15 heavy (non-hydrogen) atoms. The molecule has 0 aromatic heterocycles. The zero-order chi connectivity index (χ0) is 11.3. The molecule has 0 aliphatic carbocycles. The van der Waals surface area contributed by atoms with Gasteiger partial charge in [0.25, 0.3) is 0 Å². The number of hydrogen-bond donors (Lipinski definition) is 2. The number of benzene rings is 1. The first-order chi connectivity index (χ1) is 7.26. The Morgan fingerprint density at radius 2 is 2.13 bits per heavy atom. The van der Waals surface area contributed by atoms with Gasteiger partial charge in [-0.15, -0.1) is 11.8 Å². The van der Waals surface area contributed by atoms with Gasteiger partial charge in [0.2, 0.25) is 0 Å². The van der Waals surface area contributed by atoms with E-state index < -0.39 is 0 Å². The number of hydrogen-bond acceptors (Lipinski definition) is 4. The van der Waals surface area contributed by atoms with E-state index in [1.807, 2.05) is 6.07 Å². The number of thioether (sulfide) groups is 1. The Kier molecular flexibility index (Phi) is 4.94. The zero-order valence-corrected chi connectivity index (χ0v) is 10.1. The second-order valence-electron chi connectivity index (χ2n) is 3.16. The minimum absolute atomic E-state index is 0.403. The van der Waals surface area contributed by atoms with E-state index in [-0.39, 0.29) is 0 Å². The molecule has 4 heteroatoms. The molecule has 3 nitrogen and oxygen atoms in total. The van der Waals surface area contributed by atoms with Crippen molar-refractivity contribution in [3.05, 3.63) is 23.3 Å². The fourth-order valence-electron chi connectivity index (χ4n) is 1.52. The lowest BCUT2D eigenvalue weighted by Gasteiger charge is -2.13. The molecule has 0 aliphatic rings. The molecule has 0 atom stereocenters. The van der Waals surface area contributed by atoms with Gasteiger partial charge in [-0.05, 0) is 30.4 Å². The van der Waals surface area contributed by atoms with Gasteiger partial charge in [0, 0.05) is 17.0 Å². The Labute approximate surface area is 94.8 Å². The summed E-state index contributed by atoms with van der Waals surface area (Å²) < 4.78 is 5.28. The second kappa shape index (κ2) is 6.00. The fraction of sp³-hybridized carbons (Fsp3) is 0.455. The Hall–Kier alpha value is -0.710. The van der Waals surface area contributed by atoms with Gasteiger partial charge in [-0.1, -0.05) is 6.92 Å². The topological polar surface area (TPSA) is 41.5 Å². The monoisotopic (exact) mass is 227 g/mol. The van der Waals surface area contributed by atoms with E-state index in [2.05, 4.69) is 24.7 Å². The van der Waals surface area contributed by atoms with Crippen molar-refractivity contribution in [2.24, 2.45) is 0 Å². The minimum Gasteiger partial charge on any atom is -0.496 e. The largest absolute Gasteiger partial charge is 0.496 e. The van der Waals surface area contributed by atoms with E-state index in [4.69, 9.17) is 9.94 Å². The van der Waals surface area contributed by atoms with Crippen LogP contribution in [0, 0.1) is 0 Å². The summed E-state index contributed by atoms with van der Waals surface area (Å²) in [5.41, 5.74) is 4.41. The van der Waals surface area contributed by atoms with E-state index in [1.165, 1.54) is 10.5 Å². The van der Waals surface area contributed by atoms with Gasteiger partial charge in [-0.2, -0.15) is 0 Å². The van der Waals surface area contributed by atoms with Crippen LogP contribution < -0.4 is 10.2 Å². The molecule has 0 spiro atoms. The van der Waals surface area contributed by atoms with Crippen LogP contribution in [0.4, 0.5) is 0 Å². The second-order valence-corrected chi connectivity index (χ2v) is 4.01. The van der Waals surface area contributed by atoms with Gasteiger partial charge in [0.15, 0.2) is 0 Å². The molecule has 1 aromatic carbocycles. The predicted octanol–water partition coefficient (Wildman–Crippen LogP) is 2.46. The number of aryl methyl sites for hydroxylation is 1. The smallest absolute Gasteiger partial charge is 0.123 e. The number of methoxy groups -OCH3 is 1. The molecule has 84 valence electrons. The molecule has 0 unspecified atom stereocenters. The average Bonchev–Trinajstić information content (AvgIpc) is 2.28. The highest BCUT2D eigenvalue weighted by molar-refractivity contribution is 7.98. The van der Waals surface area contributed by atoms with Crippen molar-refractivity contribution in [2.75, 3.05) is 13.4 Å². The van der Waals surface area contributed by atoms with E-state index in [9.17, 15) is 0 Å². The van der Waals surface area contributed by atoms with Crippen molar-refractivity contribution < 1.29 is 9.94 Å². The third-order valence-corrected chi connectivity index (χ3v) is 3.15. The Bertz CT molecular complexity index is 329. The summed E-state index contributed by atoms with van der Waals surface area (Å²) in [6, 6.07) is 4.10. The first-order valence-electron chi connectivity index (χ1n) is 4.87. The molecule has 0 amide bonds. The Balaban J connectivity index is 3.15. The first kappa shape index (κ1) is 12.4. The lowest BCUT2D eigenvalue weighted by Crippen LogP contribution is -2.08. The van der Waals surface area contributed by atoms with Crippen molar-refractivity contribution in [1.29, 1.82) is 0 Å². The third kappa shape index (κ3) is 2.87. The highest BCUT2D eigenvalue weighted by atomic mass is 32.2. The summed E-state index contributed by atoms with van der Waals surface area (Å²) in [5.74, 6) is 0.825. The third-order valence-electron chi connectivity index (χ3n) is 2.33. The van der Waals surface area contributed by atoms with E-state index >= 15 is 0 Å². The van der Waals surface area contributed by atoms with Crippen LogP contribution in [-0.2, 0) is 13.0 Å². The minimum atomic E-state index is 0.403. The maximum Gasteiger partial charge on any atom is 0.123 e. The van der Waals surface area contributed by atoms with Crippen molar-refractivity contribution in [3.8, 4) is 5.75 Å². The maximum atomic E-state index is 8.72. The van der Waals surface area contributed by atoms with Gasteiger partial charge < -0.3 is 9.94 Å². The lowest BCUT2D eigenvalue weighted by atomic mass is 10.1. The molecule has 1 aromatic rings. The molecule has 1 rings (SSSR count). The van der Waals surface area contributed by atoms with Crippen LogP contribution >= 0.6 is 11.8 Å². The van der Waals surface area contributed by atoms with Crippen molar-refractivity contribution in [2.45, 2.75) is 24.8 Å². The van der Waals surface area contributed by atoms with Crippen molar-refractivity contribution in [3.63, 3.8) is 0 Å². The average molecular weight is 227 g/mol. The Morgan fingerprint density at radius 1 is 1.40 bits per heavy atom. The predicted molar refractivity (Wildman–Crippen MR) is 62.8 cm³/mol. The molecule has 0 radical (unpaired) electrons. The molecule has 0 aliphatic heterocycles. The van der Waals surface area contributed by atoms with E-state index in [0.29, 0.717) is 6.54 Å². The van der Waals surface area contributed by atoms with Gasteiger partial charge in [0.1, 0.15) is 5.75 Å². The molecular formula is C11H17NO2S. The molecule has 0 saturated heterocycles. The van der Waals surface area contributed by atoms with Crippen LogP contribution in [-0.4, -0.2) is 18.6 Å². The molecular weight excluding hydrogens is 210 g/mol. The SMILES string of the molecule is CCc1cc(OC)c(CNO)cc1SC. The van der Waals surface area contributed by atoms with Crippen LogP contribution in [0.25, 0.3) is 0 Å². The van der Waals surface area contributed by atoms with Crippen LogP contribution in [0.5, 0.6) is 5.75 Å². The number of hydroxylamine groups is 1. The van der Waals surface area contributed by atoms with E-state index in [0.717, 1.165) is 17.7 Å². The highest BCUT2D eigenvalue weighted by Crippen LogP contribution is 2.29. The summed E-state index contributed by atoms with van der Waals surface area (Å²) in [4.78, 5) is 1.24. The summed E-state index contributed by atoms with van der Waals surface area (Å²) in [7, 11) is 1.65. The Morgan fingerprint density at radius 3 is 2.60 bits per heavy atom. The zero-order valence-electron chi connectivity index (χ0n) is 9.33.